The molecule has 0 aliphatic heterocycles. The summed E-state index contributed by atoms with van der Waals surface area (Å²) in [6.45, 7) is 2.54. The van der Waals surface area contributed by atoms with Crippen molar-refractivity contribution in [3.63, 3.8) is 0 Å². The van der Waals surface area contributed by atoms with Crippen molar-refractivity contribution in [3.05, 3.63) is 64.7 Å². The zero-order valence-electron chi connectivity index (χ0n) is 12.9. The zero-order valence-corrected chi connectivity index (χ0v) is 12.9. The number of nitrogens with two attached hydrogens (primary N) is 1. The molecule has 4 nitrogen and oxygen atoms in total. The van der Waals surface area contributed by atoms with Crippen LogP contribution < -0.4 is 10.5 Å². The van der Waals surface area contributed by atoms with Crippen LogP contribution in [0.2, 0.25) is 0 Å². The highest BCUT2D eigenvalue weighted by Crippen LogP contribution is 2.29. The zero-order chi connectivity index (χ0) is 16.1. The Labute approximate surface area is 130 Å². The predicted octanol–water partition coefficient (Wildman–Crippen LogP) is 2.99. The molecular weight excluding hydrogens is 278 g/mol. The van der Waals surface area contributed by atoms with Crippen LogP contribution in [0.25, 0.3) is 0 Å². The summed E-state index contributed by atoms with van der Waals surface area (Å²) in [5.74, 6) is 0.0519. The molecule has 3 N–H and O–H groups in total. The largest absolute Gasteiger partial charge is 0.496 e. The van der Waals surface area contributed by atoms with Gasteiger partial charge in [0.05, 0.1) is 12.7 Å². The predicted molar refractivity (Wildman–Crippen MR) is 86.6 cm³/mol. The van der Waals surface area contributed by atoms with Crippen molar-refractivity contribution in [3.8, 4) is 5.75 Å². The lowest BCUT2D eigenvalue weighted by molar-refractivity contribution is 0.0697. The molecule has 0 fully saturated rings. The summed E-state index contributed by atoms with van der Waals surface area (Å²) in [5.41, 5.74) is 9.56. The summed E-state index contributed by atoms with van der Waals surface area (Å²) in [4.78, 5) is 10.9. The van der Waals surface area contributed by atoms with E-state index in [0.717, 1.165) is 28.9 Å². The van der Waals surface area contributed by atoms with Gasteiger partial charge in [-0.15, -0.1) is 0 Å². The number of ether oxygens (including phenoxy) is 1. The Balaban J connectivity index is 2.25. The molecule has 0 saturated carbocycles. The van der Waals surface area contributed by atoms with Crippen LogP contribution in [0.4, 0.5) is 0 Å². The molecule has 0 bridgehead atoms. The third-order valence-electron chi connectivity index (χ3n) is 3.79. The van der Waals surface area contributed by atoms with Gasteiger partial charge in [0, 0.05) is 5.92 Å². The van der Waals surface area contributed by atoms with Gasteiger partial charge in [0.15, 0.2) is 0 Å². The van der Waals surface area contributed by atoms with E-state index in [1.165, 1.54) is 0 Å². The van der Waals surface area contributed by atoms with Crippen LogP contribution in [0.3, 0.4) is 0 Å². The number of aryl methyl sites for hydroxylation is 1. The summed E-state index contributed by atoms with van der Waals surface area (Å²) < 4.78 is 5.44. The van der Waals surface area contributed by atoms with Gasteiger partial charge in [-0.2, -0.15) is 0 Å². The smallest absolute Gasteiger partial charge is 0.335 e. The molecule has 0 saturated heterocycles. The fourth-order valence-electron chi connectivity index (χ4n) is 2.56. The number of benzene rings is 2. The summed E-state index contributed by atoms with van der Waals surface area (Å²) in [5, 5.41) is 8.94. The summed E-state index contributed by atoms with van der Waals surface area (Å²) in [7, 11) is 1.66. The first-order chi connectivity index (χ1) is 10.5. The summed E-state index contributed by atoms with van der Waals surface area (Å²) >= 11 is 0. The number of hydrogen-bond acceptors (Lipinski definition) is 3. The molecule has 116 valence electrons. The molecular formula is C18H21NO3. The summed E-state index contributed by atoms with van der Waals surface area (Å²) in [6.07, 6.45) is 0.746. The highest BCUT2D eigenvalue weighted by Gasteiger charge is 2.16. The minimum absolute atomic E-state index is 0.130. The maximum absolute atomic E-state index is 10.9. The van der Waals surface area contributed by atoms with Gasteiger partial charge in [-0.1, -0.05) is 29.8 Å². The van der Waals surface area contributed by atoms with Gasteiger partial charge in [-0.05, 0) is 49.2 Å². The lowest BCUT2D eigenvalue weighted by Gasteiger charge is -2.19. The maximum atomic E-state index is 10.9. The fourth-order valence-corrected chi connectivity index (χ4v) is 2.56. The first-order valence-electron chi connectivity index (χ1n) is 7.22. The van der Waals surface area contributed by atoms with E-state index >= 15 is 0 Å². The number of carbonyl (C=O) groups is 1. The van der Waals surface area contributed by atoms with Crippen LogP contribution in [-0.2, 0) is 6.42 Å². The molecule has 2 aromatic rings. The molecule has 22 heavy (non-hydrogen) atoms. The van der Waals surface area contributed by atoms with E-state index in [9.17, 15) is 4.79 Å². The SMILES string of the molecule is COc1ccc(C)cc1C(CN)Cc1ccc(C(=O)O)cc1. The molecule has 0 amide bonds. The van der Waals surface area contributed by atoms with Gasteiger partial charge >= 0.3 is 5.97 Å². The van der Waals surface area contributed by atoms with E-state index in [4.69, 9.17) is 15.6 Å². The van der Waals surface area contributed by atoms with Crippen molar-refractivity contribution < 1.29 is 14.6 Å². The third-order valence-corrected chi connectivity index (χ3v) is 3.79. The Morgan fingerprint density at radius 1 is 1.23 bits per heavy atom. The lowest BCUT2D eigenvalue weighted by Crippen LogP contribution is -2.16. The second-order valence-corrected chi connectivity index (χ2v) is 5.38. The molecule has 0 heterocycles. The van der Waals surface area contributed by atoms with Crippen molar-refractivity contribution in [2.24, 2.45) is 5.73 Å². The van der Waals surface area contributed by atoms with E-state index in [0.29, 0.717) is 12.1 Å². The number of rotatable bonds is 6. The van der Waals surface area contributed by atoms with E-state index in [-0.39, 0.29) is 5.92 Å². The van der Waals surface area contributed by atoms with E-state index in [2.05, 4.69) is 6.07 Å². The second-order valence-electron chi connectivity index (χ2n) is 5.38. The Morgan fingerprint density at radius 2 is 1.91 bits per heavy atom. The molecule has 0 spiro atoms. The van der Waals surface area contributed by atoms with Crippen LogP contribution in [0.5, 0.6) is 5.75 Å². The van der Waals surface area contributed by atoms with Crippen LogP contribution in [0.15, 0.2) is 42.5 Å². The molecule has 0 aromatic heterocycles. The van der Waals surface area contributed by atoms with Gasteiger partial charge in [0.2, 0.25) is 0 Å². The number of aromatic carboxylic acids is 1. The standard InChI is InChI=1S/C18H21NO3/c1-12-3-8-17(22-2)16(9-12)15(11-19)10-13-4-6-14(7-5-13)18(20)21/h3-9,15H,10-11,19H2,1-2H3,(H,20,21). The number of carboxylic acids is 1. The van der Waals surface area contributed by atoms with Gasteiger partial charge in [0.1, 0.15) is 5.75 Å². The monoisotopic (exact) mass is 299 g/mol. The number of hydrogen-bond donors (Lipinski definition) is 2. The topological polar surface area (TPSA) is 72.5 Å². The minimum atomic E-state index is -0.915. The first-order valence-corrected chi connectivity index (χ1v) is 7.22. The molecule has 1 atom stereocenters. The van der Waals surface area contributed by atoms with E-state index in [1.807, 2.05) is 31.2 Å². The molecule has 2 aromatic carbocycles. The van der Waals surface area contributed by atoms with Crippen molar-refractivity contribution in [1.29, 1.82) is 0 Å². The van der Waals surface area contributed by atoms with Crippen molar-refractivity contribution in [2.75, 3.05) is 13.7 Å². The van der Waals surface area contributed by atoms with Crippen molar-refractivity contribution >= 4 is 5.97 Å². The van der Waals surface area contributed by atoms with Crippen molar-refractivity contribution in [2.45, 2.75) is 19.3 Å². The highest BCUT2D eigenvalue weighted by atomic mass is 16.5. The van der Waals surface area contributed by atoms with Crippen LogP contribution in [0.1, 0.15) is 33.0 Å². The van der Waals surface area contributed by atoms with Gasteiger partial charge in [-0.25, -0.2) is 4.79 Å². The average molecular weight is 299 g/mol. The fraction of sp³-hybridized carbons (Fsp3) is 0.278. The lowest BCUT2D eigenvalue weighted by atomic mass is 9.90. The van der Waals surface area contributed by atoms with Gasteiger partial charge < -0.3 is 15.6 Å². The Bertz CT molecular complexity index is 650. The average Bonchev–Trinajstić information content (AvgIpc) is 2.53. The van der Waals surface area contributed by atoms with E-state index in [1.54, 1.807) is 19.2 Å². The first kappa shape index (κ1) is 16.0. The highest BCUT2D eigenvalue weighted by molar-refractivity contribution is 5.87. The quantitative estimate of drug-likeness (QED) is 0.860. The number of methoxy groups -OCH3 is 1. The molecule has 1 unspecified atom stereocenters. The Morgan fingerprint density at radius 3 is 2.45 bits per heavy atom. The van der Waals surface area contributed by atoms with Gasteiger partial charge in [0.25, 0.3) is 0 Å². The van der Waals surface area contributed by atoms with Crippen LogP contribution in [0, 0.1) is 6.92 Å². The molecule has 0 radical (unpaired) electrons. The molecule has 0 aliphatic rings. The minimum Gasteiger partial charge on any atom is -0.496 e. The molecule has 4 heteroatoms. The Hall–Kier alpha value is -2.33. The third kappa shape index (κ3) is 3.65. The molecule has 2 rings (SSSR count). The van der Waals surface area contributed by atoms with Crippen molar-refractivity contribution in [1.82, 2.24) is 0 Å². The second kappa shape index (κ2) is 7.09. The number of carboxylic acid groups (broad SMARTS) is 1. The van der Waals surface area contributed by atoms with E-state index < -0.39 is 5.97 Å². The normalized spacial score (nSPS) is 12.0. The maximum Gasteiger partial charge on any atom is 0.335 e. The molecule has 0 aliphatic carbocycles. The van der Waals surface area contributed by atoms with Gasteiger partial charge in [-0.3, -0.25) is 0 Å². The Kier molecular flexibility index (Phi) is 5.17. The summed E-state index contributed by atoms with van der Waals surface area (Å²) in [6, 6.07) is 13.0. The van der Waals surface area contributed by atoms with Crippen LogP contribution in [-0.4, -0.2) is 24.7 Å². The van der Waals surface area contributed by atoms with Crippen LogP contribution >= 0.6 is 0 Å².